The average molecular weight is 320 g/mol. The second-order valence-corrected chi connectivity index (χ2v) is 6.25. The number of halogens is 3. The van der Waals surface area contributed by atoms with Crippen LogP contribution in [0.3, 0.4) is 0 Å². The predicted octanol–water partition coefficient (Wildman–Crippen LogP) is 2.21. The zero-order valence-corrected chi connectivity index (χ0v) is 12.8. The average Bonchev–Trinajstić information content (AvgIpc) is 2.66. The summed E-state index contributed by atoms with van der Waals surface area (Å²) in [6.07, 6.45) is -4.02. The van der Waals surface area contributed by atoms with Crippen molar-refractivity contribution in [2.24, 2.45) is 7.05 Å². The van der Waals surface area contributed by atoms with Gasteiger partial charge in [-0.2, -0.15) is 18.3 Å². The lowest BCUT2D eigenvalue weighted by molar-refractivity contribution is -0.149. The molecule has 1 aliphatic heterocycles. The molecule has 2 heterocycles. The van der Waals surface area contributed by atoms with E-state index in [1.54, 1.807) is 27.8 Å². The van der Waals surface area contributed by atoms with E-state index in [-0.39, 0.29) is 6.42 Å². The number of nitrogens with zero attached hydrogens (tertiary/aromatic N) is 2. The zero-order chi connectivity index (χ0) is 16.7. The van der Waals surface area contributed by atoms with Crippen LogP contribution in [0.25, 0.3) is 0 Å². The number of aromatic nitrogens is 2. The fourth-order valence-electron chi connectivity index (χ4n) is 2.32. The molecule has 2 atom stereocenters. The van der Waals surface area contributed by atoms with Crippen molar-refractivity contribution in [1.29, 1.82) is 0 Å². The molecule has 0 spiro atoms. The highest BCUT2D eigenvalue weighted by Crippen LogP contribution is 2.33. The topological polar surface area (TPSA) is 68.2 Å². The summed E-state index contributed by atoms with van der Waals surface area (Å²) >= 11 is 0. The van der Waals surface area contributed by atoms with E-state index in [1.807, 2.05) is 0 Å². The van der Waals surface area contributed by atoms with Gasteiger partial charge < -0.3 is 15.4 Å². The summed E-state index contributed by atoms with van der Waals surface area (Å²) in [6.45, 7) is 4.94. The Morgan fingerprint density at radius 1 is 1.45 bits per heavy atom. The number of anilines is 1. The molecule has 0 radical (unpaired) electrons. The monoisotopic (exact) mass is 320 g/mol. The summed E-state index contributed by atoms with van der Waals surface area (Å²) in [5.74, 6) is 0. The number of amides is 1. The molecule has 1 aromatic rings. The first-order chi connectivity index (χ1) is 9.97. The number of ether oxygens (including phenoxy) is 1. The van der Waals surface area contributed by atoms with E-state index < -0.39 is 30.0 Å². The lowest BCUT2D eigenvalue weighted by atomic mass is 9.97. The number of alkyl halides is 3. The maximum absolute atomic E-state index is 13.2. The van der Waals surface area contributed by atoms with Gasteiger partial charge in [-0.15, -0.1) is 0 Å². The van der Waals surface area contributed by atoms with Crippen molar-refractivity contribution in [3.63, 3.8) is 0 Å². The number of hydrogen-bond donors (Lipinski definition) is 2. The quantitative estimate of drug-likeness (QED) is 0.832. The largest absolute Gasteiger partial charge is 0.444 e. The maximum Gasteiger partial charge on any atom is 0.410 e. The summed E-state index contributed by atoms with van der Waals surface area (Å²) in [5.41, 5.74) is 0.144. The Morgan fingerprint density at radius 2 is 2.09 bits per heavy atom. The summed E-state index contributed by atoms with van der Waals surface area (Å²) in [6, 6.07) is -3.06. The second kappa shape index (κ2) is 5.36. The molecule has 0 aromatic carbocycles. The summed E-state index contributed by atoms with van der Waals surface area (Å²) in [5, 5.41) is 8.63. The number of aryl methyl sites for hydroxylation is 1. The van der Waals surface area contributed by atoms with Gasteiger partial charge in [0.1, 0.15) is 11.6 Å². The van der Waals surface area contributed by atoms with E-state index in [4.69, 9.17) is 4.74 Å². The van der Waals surface area contributed by atoms with Gasteiger partial charge >= 0.3 is 12.3 Å². The number of nitrogens with one attached hydrogen (secondary N) is 2. The van der Waals surface area contributed by atoms with E-state index in [1.165, 1.54) is 10.9 Å². The van der Waals surface area contributed by atoms with Crippen LogP contribution in [0.4, 0.5) is 23.7 Å². The van der Waals surface area contributed by atoms with Crippen molar-refractivity contribution in [3.05, 3.63) is 11.9 Å². The Hall–Kier alpha value is -1.93. The molecule has 1 amide bonds. The third kappa shape index (κ3) is 3.63. The maximum atomic E-state index is 13.2. The van der Waals surface area contributed by atoms with Crippen molar-refractivity contribution in [3.8, 4) is 0 Å². The van der Waals surface area contributed by atoms with Crippen LogP contribution in [0.1, 0.15) is 26.5 Å². The molecule has 2 N–H and O–H groups in total. The molecule has 0 saturated heterocycles. The fraction of sp³-hybridized carbons (Fsp3) is 0.692. The first-order valence-electron chi connectivity index (χ1n) is 6.81. The van der Waals surface area contributed by atoms with Crippen LogP contribution in [0.2, 0.25) is 0 Å². The SMILES string of the molecule is Cn1ncc2c1CC(NC(=O)OC(C)(C)C)C(C(F)(F)F)N2. The Labute approximate surface area is 126 Å². The Kier molecular flexibility index (Phi) is 4.01. The number of carbonyl (C=O) groups excluding carboxylic acids is 1. The van der Waals surface area contributed by atoms with Gasteiger partial charge in [0.05, 0.1) is 23.6 Å². The highest BCUT2D eigenvalue weighted by molar-refractivity contribution is 5.69. The van der Waals surface area contributed by atoms with Gasteiger partial charge in [-0.1, -0.05) is 0 Å². The van der Waals surface area contributed by atoms with Crippen molar-refractivity contribution in [2.45, 2.75) is 51.1 Å². The van der Waals surface area contributed by atoms with E-state index >= 15 is 0 Å². The van der Waals surface area contributed by atoms with Crippen LogP contribution < -0.4 is 10.6 Å². The number of rotatable bonds is 1. The van der Waals surface area contributed by atoms with E-state index in [0.717, 1.165) is 0 Å². The summed E-state index contributed by atoms with van der Waals surface area (Å²) in [7, 11) is 1.64. The number of fused-ring (bicyclic) bond motifs is 1. The molecule has 0 fully saturated rings. The van der Waals surface area contributed by atoms with Crippen LogP contribution in [-0.2, 0) is 18.2 Å². The minimum atomic E-state index is -4.51. The highest BCUT2D eigenvalue weighted by Gasteiger charge is 2.48. The number of alkyl carbamates (subject to hydrolysis) is 1. The minimum Gasteiger partial charge on any atom is -0.444 e. The first-order valence-corrected chi connectivity index (χ1v) is 6.81. The van der Waals surface area contributed by atoms with Gasteiger partial charge in [-0.3, -0.25) is 4.68 Å². The van der Waals surface area contributed by atoms with Gasteiger partial charge in [-0.25, -0.2) is 4.79 Å². The normalized spacial score (nSPS) is 21.8. The van der Waals surface area contributed by atoms with Crippen LogP contribution in [0.15, 0.2) is 6.20 Å². The molecule has 22 heavy (non-hydrogen) atoms. The standard InChI is InChI=1S/C13H19F3N4O2/c1-12(2,3)22-11(21)19-7-5-9-8(6-17-20(9)4)18-10(7)13(14,15)16/h6-7,10,18H,5H2,1-4H3,(H,19,21). The van der Waals surface area contributed by atoms with Crippen LogP contribution in [-0.4, -0.2) is 39.7 Å². The lowest BCUT2D eigenvalue weighted by Crippen LogP contribution is -2.57. The Balaban J connectivity index is 2.19. The van der Waals surface area contributed by atoms with Crippen LogP contribution >= 0.6 is 0 Å². The zero-order valence-electron chi connectivity index (χ0n) is 12.8. The van der Waals surface area contributed by atoms with Crippen molar-refractivity contribution >= 4 is 11.8 Å². The van der Waals surface area contributed by atoms with Crippen molar-refractivity contribution in [2.75, 3.05) is 5.32 Å². The summed E-state index contributed by atoms with van der Waals surface area (Å²) in [4.78, 5) is 11.8. The predicted molar refractivity (Wildman–Crippen MR) is 73.5 cm³/mol. The van der Waals surface area contributed by atoms with Crippen molar-refractivity contribution in [1.82, 2.24) is 15.1 Å². The van der Waals surface area contributed by atoms with E-state index in [2.05, 4.69) is 15.7 Å². The van der Waals surface area contributed by atoms with Gasteiger partial charge in [0.2, 0.25) is 0 Å². The second-order valence-electron chi connectivity index (χ2n) is 6.25. The van der Waals surface area contributed by atoms with E-state index in [9.17, 15) is 18.0 Å². The Bertz CT molecular complexity index is 563. The highest BCUT2D eigenvalue weighted by atomic mass is 19.4. The third-order valence-electron chi connectivity index (χ3n) is 3.24. The molecule has 0 bridgehead atoms. The molecule has 6 nitrogen and oxygen atoms in total. The van der Waals surface area contributed by atoms with Gasteiger partial charge in [-0.05, 0) is 20.8 Å². The molecular weight excluding hydrogens is 301 g/mol. The minimum absolute atomic E-state index is 0.0161. The fourth-order valence-corrected chi connectivity index (χ4v) is 2.32. The molecule has 2 rings (SSSR count). The van der Waals surface area contributed by atoms with Crippen molar-refractivity contribution < 1.29 is 22.7 Å². The molecule has 9 heteroatoms. The molecule has 124 valence electrons. The number of hydrogen-bond acceptors (Lipinski definition) is 4. The smallest absolute Gasteiger partial charge is 0.410 e. The molecule has 1 aromatic heterocycles. The lowest BCUT2D eigenvalue weighted by Gasteiger charge is -2.35. The van der Waals surface area contributed by atoms with Crippen LogP contribution in [0.5, 0.6) is 0 Å². The van der Waals surface area contributed by atoms with Gasteiger partial charge in [0, 0.05) is 13.5 Å². The third-order valence-corrected chi connectivity index (χ3v) is 3.24. The Morgan fingerprint density at radius 3 is 2.64 bits per heavy atom. The number of carbonyl (C=O) groups is 1. The summed E-state index contributed by atoms with van der Waals surface area (Å²) < 4.78 is 46.1. The molecular formula is C13H19F3N4O2. The van der Waals surface area contributed by atoms with Gasteiger partial charge in [0.15, 0.2) is 0 Å². The van der Waals surface area contributed by atoms with Gasteiger partial charge in [0.25, 0.3) is 0 Å². The van der Waals surface area contributed by atoms with Crippen LogP contribution in [0, 0.1) is 0 Å². The van der Waals surface area contributed by atoms with E-state index in [0.29, 0.717) is 11.4 Å². The molecule has 1 aliphatic rings. The first kappa shape index (κ1) is 16.4. The molecule has 2 unspecified atom stereocenters. The molecule has 0 saturated carbocycles. The molecule has 0 aliphatic carbocycles.